The Morgan fingerprint density at radius 1 is 1.20 bits per heavy atom. The van der Waals surface area contributed by atoms with Crippen LogP contribution in [-0.2, 0) is 9.59 Å². The van der Waals surface area contributed by atoms with Gasteiger partial charge in [0.2, 0.25) is 11.8 Å². The van der Waals surface area contributed by atoms with E-state index in [0.29, 0.717) is 12.3 Å². The average molecular weight is 281 g/mol. The van der Waals surface area contributed by atoms with E-state index >= 15 is 0 Å². The highest BCUT2D eigenvalue weighted by Gasteiger charge is 2.25. The number of nitrogens with zero attached hydrogens (tertiary/aromatic N) is 2. The van der Waals surface area contributed by atoms with Crippen LogP contribution >= 0.6 is 0 Å². The highest BCUT2D eigenvalue weighted by Crippen LogP contribution is 2.17. The largest absolute Gasteiger partial charge is 0.341 e. The number of piperidine rings is 1. The van der Waals surface area contributed by atoms with E-state index in [1.807, 2.05) is 11.9 Å². The maximum Gasteiger partial charge on any atom is 0.242 e. The van der Waals surface area contributed by atoms with Gasteiger partial charge in [0.15, 0.2) is 0 Å². The second kappa shape index (κ2) is 7.62. The van der Waals surface area contributed by atoms with Gasteiger partial charge >= 0.3 is 0 Å². The van der Waals surface area contributed by atoms with Gasteiger partial charge in [0, 0.05) is 26.1 Å². The first kappa shape index (κ1) is 15.3. The minimum atomic E-state index is 0.128. The van der Waals surface area contributed by atoms with Crippen molar-refractivity contribution >= 4 is 11.8 Å². The van der Waals surface area contributed by atoms with Gasteiger partial charge in [-0.05, 0) is 45.2 Å². The van der Waals surface area contributed by atoms with Gasteiger partial charge in [-0.3, -0.25) is 9.59 Å². The van der Waals surface area contributed by atoms with E-state index in [9.17, 15) is 9.59 Å². The second-order valence-corrected chi connectivity index (χ2v) is 6.01. The third-order valence-electron chi connectivity index (χ3n) is 4.46. The van der Waals surface area contributed by atoms with Crippen LogP contribution < -0.4 is 5.32 Å². The average Bonchev–Trinajstić information content (AvgIpc) is 2.65. The number of carbonyl (C=O) groups excluding carboxylic acids is 2. The minimum absolute atomic E-state index is 0.128. The van der Waals surface area contributed by atoms with Crippen molar-refractivity contribution in [3.63, 3.8) is 0 Å². The van der Waals surface area contributed by atoms with Crippen LogP contribution in [0.3, 0.4) is 0 Å². The normalized spacial score (nSPS) is 21.9. The van der Waals surface area contributed by atoms with E-state index in [4.69, 9.17) is 0 Å². The summed E-state index contributed by atoms with van der Waals surface area (Å²) in [6.07, 6.45) is 5.85. The molecule has 2 aliphatic rings. The maximum atomic E-state index is 12.3. The smallest absolute Gasteiger partial charge is 0.242 e. The summed E-state index contributed by atoms with van der Waals surface area (Å²) >= 11 is 0. The van der Waals surface area contributed by atoms with Gasteiger partial charge < -0.3 is 15.1 Å². The van der Waals surface area contributed by atoms with Crippen LogP contribution in [0.5, 0.6) is 0 Å². The number of hydrogen-bond donors (Lipinski definition) is 1. The van der Waals surface area contributed by atoms with Crippen molar-refractivity contribution < 1.29 is 9.59 Å². The lowest BCUT2D eigenvalue weighted by Gasteiger charge is -2.33. The minimum Gasteiger partial charge on any atom is -0.341 e. The highest BCUT2D eigenvalue weighted by molar-refractivity contribution is 5.85. The first-order valence-corrected chi connectivity index (χ1v) is 7.91. The molecule has 2 heterocycles. The van der Waals surface area contributed by atoms with E-state index in [1.165, 1.54) is 0 Å². The van der Waals surface area contributed by atoms with Gasteiger partial charge in [0.05, 0.1) is 6.54 Å². The zero-order valence-electron chi connectivity index (χ0n) is 12.6. The molecule has 2 fully saturated rings. The summed E-state index contributed by atoms with van der Waals surface area (Å²) in [5.41, 5.74) is 0. The summed E-state index contributed by atoms with van der Waals surface area (Å²) in [6, 6.07) is 0. The Bertz CT molecular complexity index is 338. The zero-order chi connectivity index (χ0) is 14.4. The number of likely N-dealkylation sites (tertiary alicyclic amines) is 2. The van der Waals surface area contributed by atoms with Gasteiger partial charge in [-0.15, -0.1) is 0 Å². The number of hydrogen-bond acceptors (Lipinski definition) is 3. The number of carbonyl (C=O) groups is 2. The molecular formula is C15H27N3O2. The molecule has 0 bridgehead atoms. The molecule has 5 heteroatoms. The molecule has 114 valence electrons. The second-order valence-electron chi connectivity index (χ2n) is 6.01. The number of amides is 2. The first-order chi connectivity index (χ1) is 9.70. The molecule has 0 unspecified atom stereocenters. The molecule has 2 amide bonds. The van der Waals surface area contributed by atoms with E-state index in [1.54, 1.807) is 4.90 Å². The molecule has 0 radical (unpaired) electrons. The summed E-state index contributed by atoms with van der Waals surface area (Å²) in [7, 11) is 1.97. The molecular weight excluding hydrogens is 254 g/mol. The molecule has 5 nitrogen and oxygen atoms in total. The quantitative estimate of drug-likeness (QED) is 0.831. The fourth-order valence-electron chi connectivity index (χ4n) is 3.14. The molecule has 20 heavy (non-hydrogen) atoms. The molecule has 2 rings (SSSR count). The van der Waals surface area contributed by atoms with Crippen molar-refractivity contribution in [3.8, 4) is 0 Å². The van der Waals surface area contributed by atoms with Gasteiger partial charge in [0.25, 0.3) is 0 Å². The van der Waals surface area contributed by atoms with Gasteiger partial charge in [-0.2, -0.15) is 0 Å². The van der Waals surface area contributed by atoms with Gasteiger partial charge in [-0.1, -0.05) is 6.42 Å². The monoisotopic (exact) mass is 281 g/mol. The molecule has 2 saturated heterocycles. The molecule has 0 atom stereocenters. The predicted molar refractivity (Wildman–Crippen MR) is 78.3 cm³/mol. The Balaban J connectivity index is 1.78. The number of rotatable bonds is 4. The molecule has 0 aromatic carbocycles. The predicted octanol–water partition coefficient (Wildman–Crippen LogP) is 0.847. The van der Waals surface area contributed by atoms with Gasteiger partial charge in [0.1, 0.15) is 0 Å². The molecule has 0 aromatic heterocycles. The van der Waals surface area contributed by atoms with Crippen LogP contribution in [0.1, 0.15) is 38.5 Å². The SMILES string of the molecule is CNCC1CCN(C(=O)CN2CCCCCC2=O)CC1. The molecule has 0 spiro atoms. The van der Waals surface area contributed by atoms with E-state index in [-0.39, 0.29) is 18.4 Å². The fourth-order valence-corrected chi connectivity index (χ4v) is 3.14. The zero-order valence-corrected chi connectivity index (χ0v) is 12.6. The van der Waals surface area contributed by atoms with Crippen molar-refractivity contribution in [2.24, 2.45) is 5.92 Å². The fraction of sp³-hybridized carbons (Fsp3) is 0.867. The first-order valence-electron chi connectivity index (χ1n) is 7.91. The third kappa shape index (κ3) is 4.20. The lowest BCUT2D eigenvalue weighted by atomic mass is 9.97. The molecule has 0 aliphatic carbocycles. The van der Waals surface area contributed by atoms with Crippen LogP contribution in [0.15, 0.2) is 0 Å². The van der Waals surface area contributed by atoms with Crippen LogP contribution in [0, 0.1) is 5.92 Å². The van der Waals surface area contributed by atoms with Crippen molar-refractivity contribution in [2.45, 2.75) is 38.5 Å². The van der Waals surface area contributed by atoms with Crippen molar-refractivity contribution in [2.75, 3.05) is 39.8 Å². The van der Waals surface area contributed by atoms with E-state index in [0.717, 1.165) is 58.3 Å². The maximum absolute atomic E-state index is 12.3. The Kier molecular flexibility index (Phi) is 5.83. The Morgan fingerprint density at radius 2 is 1.95 bits per heavy atom. The summed E-state index contributed by atoms with van der Waals surface area (Å²) in [5, 5.41) is 3.20. The summed E-state index contributed by atoms with van der Waals surface area (Å²) in [6.45, 7) is 3.75. The standard InChI is InChI=1S/C15H27N3O2/c1-16-11-13-6-9-17(10-7-13)15(20)12-18-8-4-2-3-5-14(18)19/h13,16H,2-12H2,1H3. The summed E-state index contributed by atoms with van der Waals surface area (Å²) in [5.74, 6) is 0.966. The molecule has 2 aliphatic heterocycles. The topological polar surface area (TPSA) is 52.7 Å². The van der Waals surface area contributed by atoms with Crippen molar-refractivity contribution in [3.05, 3.63) is 0 Å². The van der Waals surface area contributed by atoms with Crippen LogP contribution in [0.4, 0.5) is 0 Å². The van der Waals surface area contributed by atoms with Crippen LogP contribution in [0.2, 0.25) is 0 Å². The van der Waals surface area contributed by atoms with Crippen LogP contribution in [0.25, 0.3) is 0 Å². The lowest BCUT2D eigenvalue weighted by molar-refractivity contribution is -0.141. The highest BCUT2D eigenvalue weighted by atomic mass is 16.2. The Hall–Kier alpha value is -1.10. The van der Waals surface area contributed by atoms with E-state index < -0.39 is 0 Å². The molecule has 1 N–H and O–H groups in total. The number of nitrogens with one attached hydrogen (secondary N) is 1. The van der Waals surface area contributed by atoms with E-state index in [2.05, 4.69) is 5.32 Å². The Morgan fingerprint density at radius 3 is 2.65 bits per heavy atom. The summed E-state index contributed by atoms with van der Waals surface area (Å²) in [4.78, 5) is 27.9. The molecule has 0 aromatic rings. The van der Waals surface area contributed by atoms with Gasteiger partial charge in [-0.25, -0.2) is 0 Å². The van der Waals surface area contributed by atoms with Crippen molar-refractivity contribution in [1.82, 2.24) is 15.1 Å². The van der Waals surface area contributed by atoms with Crippen molar-refractivity contribution in [1.29, 1.82) is 0 Å². The summed E-state index contributed by atoms with van der Waals surface area (Å²) < 4.78 is 0. The Labute approximate surface area is 121 Å². The third-order valence-corrected chi connectivity index (χ3v) is 4.46. The lowest BCUT2D eigenvalue weighted by Crippen LogP contribution is -2.46. The van der Waals surface area contributed by atoms with Crippen LogP contribution in [-0.4, -0.2) is 61.4 Å². The molecule has 0 saturated carbocycles.